The fraction of sp³-hybridized carbons (Fsp3) is 0.182. The Bertz CT molecular complexity index is 725. The highest BCUT2D eigenvalue weighted by Crippen LogP contribution is 2.35. The molecule has 0 amide bonds. The molecular formula is C22H22. The van der Waals surface area contributed by atoms with Crippen LogP contribution < -0.4 is 0 Å². The third-order valence-electron chi connectivity index (χ3n) is 3.93. The van der Waals surface area contributed by atoms with Gasteiger partial charge in [-0.1, -0.05) is 92.7 Å². The topological polar surface area (TPSA) is 0 Å². The lowest BCUT2D eigenvalue weighted by Crippen LogP contribution is -1.98. The summed E-state index contributed by atoms with van der Waals surface area (Å²) in [4.78, 5) is 0. The van der Waals surface area contributed by atoms with Gasteiger partial charge in [-0.05, 0) is 40.2 Å². The summed E-state index contributed by atoms with van der Waals surface area (Å²) in [6.07, 6.45) is 1.10. The van der Waals surface area contributed by atoms with Crippen molar-refractivity contribution in [3.05, 3.63) is 84.4 Å². The zero-order chi connectivity index (χ0) is 15.4. The van der Waals surface area contributed by atoms with Crippen LogP contribution in [0.1, 0.15) is 19.4 Å². The van der Waals surface area contributed by atoms with Crippen molar-refractivity contribution in [1.82, 2.24) is 0 Å². The van der Waals surface area contributed by atoms with Crippen LogP contribution in [0.3, 0.4) is 0 Å². The van der Waals surface area contributed by atoms with Gasteiger partial charge in [0.25, 0.3) is 0 Å². The lowest BCUT2D eigenvalue weighted by molar-refractivity contribution is 0.648. The van der Waals surface area contributed by atoms with E-state index in [-0.39, 0.29) is 0 Å². The van der Waals surface area contributed by atoms with Crippen molar-refractivity contribution in [2.24, 2.45) is 5.92 Å². The molecule has 0 aliphatic heterocycles. The van der Waals surface area contributed by atoms with Crippen molar-refractivity contribution in [2.75, 3.05) is 0 Å². The second-order valence-electron chi connectivity index (χ2n) is 6.17. The Balaban J connectivity index is 2.22. The van der Waals surface area contributed by atoms with Crippen molar-refractivity contribution in [1.29, 1.82) is 0 Å². The molecule has 0 aliphatic rings. The van der Waals surface area contributed by atoms with E-state index in [1.54, 1.807) is 0 Å². The summed E-state index contributed by atoms with van der Waals surface area (Å²) < 4.78 is 0. The van der Waals surface area contributed by atoms with Gasteiger partial charge in [-0.3, -0.25) is 0 Å². The molecule has 0 fully saturated rings. The highest BCUT2D eigenvalue weighted by Gasteiger charge is 2.12. The SMILES string of the molecule is CC(C)Cc1cccc(-c2ccccc2)c1-c1ccccc1. The zero-order valence-corrected chi connectivity index (χ0v) is 13.3. The fourth-order valence-corrected chi connectivity index (χ4v) is 3.01. The first-order valence-corrected chi connectivity index (χ1v) is 7.98. The van der Waals surface area contributed by atoms with Gasteiger partial charge in [0.2, 0.25) is 0 Å². The Labute approximate surface area is 133 Å². The van der Waals surface area contributed by atoms with Gasteiger partial charge in [-0.2, -0.15) is 0 Å². The van der Waals surface area contributed by atoms with E-state index in [1.165, 1.54) is 27.8 Å². The number of hydrogen-bond acceptors (Lipinski definition) is 0. The van der Waals surface area contributed by atoms with Crippen molar-refractivity contribution in [3.63, 3.8) is 0 Å². The molecule has 22 heavy (non-hydrogen) atoms. The average molecular weight is 286 g/mol. The zero-order valence-electron chi connectivity index (χ0n) is 13.3. The first-order valence-electron chi connectivity index (χ1n) is 7.98. The molecule has 0 N–H and O–H groups in total. The quantitative estimate of drug-likeness (QED) is 0.534. The minimum Gasteiger partial charge on any atom is -0.0625 e. The summed E-state index contributed by atoms with van der Waals surface area (Å²) in [5.41, 5.74) is 6.72. The molecule has 110 valence electrons. The second-order valence-corrected chi connectivity index (χ2v) is 6.17. The second kappa shape index (κ2) is 6.62. The van der Waals surface area contributed by atoms with Crippen LogP contribution in [0.25, 0.3) is 22.3 Å². The predicted molar refractivity (Wildman–Crippen MR) is 95.9 cm³/mol. The summed E-state index contributed by atoms with van der Waals surface area (Å²) in [7, 11) is 0. The third kappa shape index (κ3) is 3.12. The maximum Gasteiger partial charge on any atom is -0.00732 e. The first-order chi connectivity index (χ1) is 10.8. The number of benzene rings is 3. The summed E-state index contributed by atoms with van der Waals surface area (Å²) >= 11 is 0. The molecule has 3 aromatic rings. The summed E-state index contributed by atoms with van der Waals surface area (Å²) in [5.74, 6) is 0.647. The molecule has 0 heteroatoms. The molecule has 0 aliphatic carbocycles. The van der Waals surface area contributed by atoms with Crippen LogP contribution in [0.15, 0.2) is 78.9 Å². The summed E-state index contributed by atoms with van der Waals surface area (Å²) in [6.45, 7) is 4.56. The maximum absolute atomic E-state index is 2.28. The molecule has 0 heterocycles. The fourth-order valence-electron chi connectivity index (χ4n) is 3.01. The molecule has 0 nitrogen and oxygen atoms in total. The first kappa shape index (κ1) is 14.6. The molecule has 0 atom stereocenters. The Morgan fingerprint density at radius 2 is 1.23 bits per heavy atom. The molecule has 0 aromatic heterocycles. The Morgan fingerprint density at radius 1 is 0.636 bits per heavy atom. The standard InChI is InChI=1S/C22H22/c1-17(2)16-20-14-9-15-21(18-10-5-3-6-11-18)22(20)19-12-7-4-8-13-19/h3-15,17H,16H2,1-2H3. The molecule has 3 aromatic carbocycles. The van der Waals surface area contributed by atoms with Crippen LogP contribution in [0, 0.1) is 5.92 Å². The molecule has 0 bridgehead atoms. The largest absolute Gasteiger partial charge is 0.0625 e. The van der Waals surface area contributed by atoms with E-state index < -0.39 is 0 Å². The van der Waals surface area contributed by atoms with E-state index in [0.29, 0.717) is 5.92 Å². The van der Waals surface area contributed by atoms with Crippen LogP contribution in [0.4, 0.5) is 0 Å². The minimum absolute atomic E-state index is 0.647. The average Bonchev–Trinajstić information content (AvgIpc) is 2.56. The highest BCUT2D eigenvalue weighted by atomic mass is 14.2. The molecule has 0 spiro atoms. The van der Waals surface area contributed by atoms with Gasteiger partial charge in [-0.25, -0.2) is 0 Å². The van der Waals surface area contributed by atoms with Crippen LogP contribution >= 0.6 is 0 Å². The Kier molecular flexibility index (Phi) is 4.39. The van der Waals surface area contributed by atoms with Crippen LogP contribution in [0.5, 0.6) is 0 Å². The number of hydrogen-bond donors (Lipinski definition) is 0. The minimum atomic E-state index is 0.647. The molecule has 0 saturated carbocycles. The maximum atomic E-state index is 2.28. The predicted octanol–water partition coefficient (Wildman–Crippen LogP) is 6.22. The van der Waals surface area contributed by atoms with E-state index in [0.717, 1.165) is 6.42 Å². The van der Waals surface area contributed by atoms with Gasteiger partial charge >= 0.3 is 0 Å². The van der Waals surface area contributed by atoms with Crippen LogP contribution in [-0.4, -0.2) is 0 Å². The van der Waals surface area contributed by atoms with E-state index in [9.17, 15) is 0 Å². The van der Waals surface area contributed by atoms with Gasteiger partial charge in [-0.15, -0.1) is 0 Å². The monoisotopic (exact) mass is 286 g/mol. The molecule has 0 radical (unpaired) electrons. The van der Waals surface area contributed by atoms with Crippen LogP contribution in [0.2, 0.25) is 0 Å². The lowest BCUT2D eigenvalue weighted by Gasteiger charge is -2.17. The van der Waals surface area contributed by atoms with E-state index in [1.807, 2.05) is 0 Å². The normalized spacial score (nSPS) is 10.9. The molecule has 0 saturated heterocycles. The van der Waals surface area contributed by atoms with Gasteiger partial charge in [0.15, 0.2) is 0 Å². The van der Waals surface area contributed by atoms with Gasteiger partial charge in [0.1, 0.15) is 0 Å². The van der Waals surface area contributed by atoms with E-state index in [2.05, 4.69) is 92.7 Å². The highest BCUT2D eigenvalue weighted by molar-refractivity contribution is 5.85. The van der Waals surface area contributed by atoms with E-state index in [4.69, 9.17) is 0 Å². The van der Waals surface area contributed by atoms with Crippen LogP contribution in [-0.2, 0) is 6.42 Å². The Hall–Kier alpha value is -2.34. The van der Waals surface area contributed by atoms with Crippen molar-refractivity contribution >= 4 is 0 Å². The van der Waals surface area contributed by atoms with Gasteiger partial charge in [0.05, 0.1) is 0 Å². The van der Waals surface area contributed by atoms with Crippen molar-refractivity contribution in [3.8, 4) is 22.3 Å². The molecule has 0 unspecified atom stereocenters. The molecule has 3 rings (SSSR count). The lowest BCUT2D eigenvalue weighted by atomic mass is 9.87. The summed E-state index contributed by atoms with van der Waals surface area (Å²) in [5, 5.41) is 0. The summed E-state index contributed by atoms with van der Waals surface area (Å²) in [6, 6.07) is 28.1. The third-order valence-corrected chi connectivity index (χ3v) is 3.93. The van der Waals surface area contributed by atoms with Gasteiger partial charge in [0, 0.05) is 0 Å². The number of rotatable bonds is 4. The Morgan fingerprint density at radius 3 is 1.82 bits per heavy atom. The van der Waals surface area contributed by atoms with Gasteiger partial charge < -0.3 is 0 Å². The van der Waals surface area contributed by atoms with E-state index >= 15 is 0 Å². The van der Waals surface area contributed by atoms with Crippen molar-refractivity contribution in [2.45, 2.75) is 20.3 Å². The van der Waals surface area contributed by atoms with Crippen molar-refractivity contribution < 1.29 is 0 Å². The smallest absolute Gasteiger partial charge is 0.00732 e. The molecular weight excluding hydrogens is 264 g/mol.